The lowest BCUT2D eigenvalue weighted by atomic mass is 9.95. The van der Waals surface area contributed by atoms with E-state index in [1.165, 1.54) is 11.3 Å². The molecular formula is C14H26N2O2. The fourth-order valence-corrected chi connectivity index (χ4v) is 2.25. The van der Waals surface area contributed by atoms with E-state index in [2.05, 4.69) is 18.9 Å². The van der Waals surface area contributed by atoms with Crippen LogP contribution in [-0.2, 0) is 18.2 Å². The molecule has 1 aromatic heterocycles. The van der Waals surface area contributed by atoms with E-state index in [-0.39, 0.29) is 12.0 Å². The zero-order valence-electron chi connectivity index (χ0n) is 12.2. The standard InChI is InChI=1S/C14H26N2O2/c1-10(8-9-18-5)14(17)7-6-13-11(2)15-16(4)12(13)3/h10,14,17H,6-9H2,1-5H3. The molecule has 0 saturated heterocycles. The summed E-state index contributed by atoms with van der Waals surface area (Å²) in [7, 11) is 3.66. The Kier molecular flexibility index (Phi) is 5.82. The number of methoxy groups -OCH3 is 1. The van der Waals surface area contributed by atoms with E-state index in [9.17, 15) is 5.11 Å². The molecule has 0 aliphatic heterocycles. The summed E-state index contributed by atoms with van der Waals surface area (Å²) in [6, 6.07) is 0. The van der Waals surface area contributed by atoms with Gasteiger partial charge in [-0.1, -0.05) is 6.92 Å². The Labute approximate surface area is 110 Å². The van der Waals surface area contributed by atoms with Crippen LogP contribution in [0.2, 0.25) is 0 Å². The van der Waals surface area contributed by atoms with Crippen molar-refractivity contribution in [2.75, 3.05) is 13.7 Å². The highest BCUT2D eigenvalue weighted by atomic mass is 16.5. The number of hydrogen-bond donors (Lipinski definition) is 1. The third-order valence-electron chi connectivity index (χ3n) is 3.78. The Balaban J connectivity index is 2.49. The molecule has 4 nitrogen and oxygen atoms in total. The third kappa shape index (κ3) is 3.82. The van der Waals surface area contributed by atoms with Crippen LogP contribution in [0.1, 0.15) is 36.7 Å². The van der Waals surface area contributed by atoms with Gasteiger partial charge in [0.2, 0.25) is 0 Å². The van der Waals surface area contributed by atoms with Crippen LogP contribution in [0, 0.1) is 19.8 Å². The van der Waals surface area contributed by atoms with Crippen molar-refractivity contribution in [1.82, 2.24) is 9.78 Å². The average molecular weight is 254 g/mol. The molecule has 0 aliphatic rings. The quantitative estimate of drug-likeness (QED) is 0.809. The van der Waals surface area contributed by atoms with Crippen molar-refractivity contribution in [3.05, 3.63) is 17.0 Å². The number of nitrogens with zero attached hydrogens (tertiary/aromatic N) is 2. The van der Waals surface area contributed by atoms with Crippen molar-refractivity contribution in [2.45, 2.75) is 46.1 Å². The first-order valence-electron chi connectivity index (χ1n) is 6.63. The van der Waals surface area contributed by atoms with Crippen molar-refractivity contribution >= 4 is 0 Å². The number of ether oxygens (including phenoxy) is 1. The molecule has 2 unspecified atom stereocenters. The molecule has 1 aromatic rings. The van der Waals surface area contributed by atoms with Crippen molar-refractivity contribution in [1.29, 1.82) is 0 Å². The van der Waals surface area contributed by atoms with Crippen LogP contribution in [0.4, 0.5) is 0 Å². The van der Waals surface area contributed by atoms with Crippen molar-refractivity contribution in [3.8, 4) is 0 Å². The minimum absolute atomic E-state index is 0.265. The molecule has 4 heteroatoms. The normalized spacial score (nSPS) is 14.8. The first kappa shape index (κ1) is 15.2. The maximum absolute atomic E-state index is 10.1. The molecule has 0 amide bonds. The Morgan fingerprint density at radius 2 is 2.00 bits per heavy atom. The molecule has 0 fully saturated rings. The van der Waals surface area contributed by atoms with Gasteiger partial charge in [0.15, 0.2) is 0 Å². The number of aliphatic hydroxyl groups excluding tert-OH is 1. The molecule has 18 heavy (non-hydrogen) atoms. The van der Waals surface area contributed by atoms with Gasteiger partial charge >= 0.3 is 0 Å². The molecule has 0 spiro atoms. The molecule has 1 N–H and O–H groups in total. The maximum atomic E-state index is 10.1. The second kappa shape index (κ2) is 6.90. The second-order valence-corrected chi connectivity index (χ2v) is 5.14. The number of aromatic nitrogens is 2. The minimum Gasteiger partial charge on any atom is -0.393 e. The topological polar surface area (TPSA) is 47.3 Å². The first-order chi connectivity index (χ1) is 8.47. The van der Waals surface area contributed by atoms with Gasteiger partial charge in [0.05, 0.1) is 11.8 Å². The summed E-state index contributed by atoms with van der Waals surface area (Å²) < 4.78 is 6.95. The van der Waals surface area contributed by atoms with Crippen molar-refractivity contribution in [3.63, 3.8) is 0 Å². The van der Waals surface area contributed by atoms with E-state index >= 15 is 0 Å². The summed E-state index contributed by atoms with van der Waals surface area (Å²) in [5, 5.41) is 14.5. The SMILES string of the molecule is COCCC(C)C(O)CCc1c(C)nn(C)c1C. The average Bonchev–Trinajstić information content (AvgIpc) is 2.58. The van der Waals surface area contributed by atoms with E-state index in [0.717, 1.165) is 25.0 Å². The summed E-state index contributed by atoms with van der Waals surface area (Å²) in [4.78, 5) is 0. The molecule has 0 radical (unpaired) electrons. The Hall–Kier alpha value is -0.870. The molecule has 0 aromatic carbocycles. The molecule has 2 atom stereocenters. The third-order valence-corrected chi connectivity index (χ3v) is 3.78. The fourth-order valence-electron chi connectivity index (χ4n) is 2.25. The molecular weight excluding hydrogens is 228 g/mol. The Morgan fingerprint density at radius 1 is 1.33 bits per heavy atom. The van der Waals surface area contributed by atoms with Gasteiger partial charge in [-0.25, -0.2) is 0 Å². The summed E-state index contributed by atoms with van der Waals surface area (Å²) >= 11 is 0. The number of rotatable bonds is 7. The highest BCUT2D eigenvalue weighted by Gasteiger charge is 2.16. The second-order valence-electron chi connectivity index (χ2n) is 5.14. The summed E-state index contributed by atoms with van der Waals surface area (Å²) in [6.45, 7) is 6.90. The van der Waals surface area contributed by atoms with Gasteiger partial charge in [0.1, 0.15) is 0 Å². The van der Waals surface area contributed by atoms with E-state index in [0.29, 0.717) is 6.61 Å². The van der Waals surface area contributed by atoms with E-state index in [4.69, 9.17) is 4.74 Å². The van der Waals surface area contributed by atoms with Gasteiger partial charge in [-0.15, -0.1) is 0 Å². The molecule has 104 valence electrons. The fraction of sp³-hybridized carbons (Fsp3) is 0.786. The van der Waals surface area contributed by atoms with E-state index in [1.54, 1.807) is 7.11 Å². The molecule has 1 rings (SSSR count). The summed E-state index contributed by atoms with van der Waals surface area (Å²) in [5.41, 5.74) is 3.55. The molecule has 0 saturated carbocycles. The van der Waals surface area contributed by atoms with Crippen LogP contribution in [0.5, 0.6) is 0 Å². The highest BCUT2D eigenvalue weighted by molar-refractivity contribution is 5.24. The van der Waals surface area contributed by atoms with Gasteiger partial charge < -0.3 is 9.84 Å². The van der Waals surface area contributed by atoms with Gasteiger partial charge in [0, 0.05) is 26.5 Å². The summed E-state index contributed by atoms with van der Waals surface area (Å²) in [6.07, 6.45) is 2.32. The van der Waals surface area contributed by atoms with Crippen LogP contribution in [0.3, 0.4) is 0 Å². The highest BCUT2D eigenvalue weighted by Crippen LogP contribution is 2.18. The first-order valence-corrected chi connectivity index (χ1v) is 6.63. The predicted octanol–water partition coefficient (Wildman–Crippen LogP) is 2.00. The molecule has 0 aliphatic carbocycles. The van der Waals surface area contributed by atoms with Crippen molar-refractivity contribution < 1.29 is 9.84 Å². The predicted molar refractivity (Wildman–Crippen MR) is 72.7 cm³/mol. The van der Waals surface area contributed by atoms with Crippen molar-refractivity contribution in [2.24, 2.45) is 13.0 Å². The van der Waals surface area contributed by atoms with Crippen LogP contribution in [-0.4, -0.2) is 34.7 Å². The lowest BCUT2D eigenvalue weighted by molar-refractivity contribution is 0.0821. The number of aryl methyl sites for hydroxylation is 2. The van der Waals surface area contributed by atoms with Crippen LogP contribution < -0.4 is 0 Å². The number of aliphatic hydroxyl groups is 1. The monoisotopic (exact) mass is 254 g/mol. The van der Waals surface area contributed by atoms with E-state index in [1.807, 2.05) is 18.7 Å². The zero-order chi connectivity index (χ0) is 13.7. The minimum atomic E-state index is -0.265. The van der Waals surface area contributed by atoms with Crippen LogP contribution in [0.15, 0.2) is 0 Å². The number of hydrogen-bond acceptors (Lipinski definition) is 3. The molecule has 1 heterocycles. The van der Waals surface area contributed by atoms with E-state index < -0.39 is 0 Å². The zero-order valence-corrected chi connectivity index (χ0v) is 12.2. The smallest absolute Gasteiger partial charge is 0.0628 e. The van der Waals surface area contributed by atoms with Gasteiger partial charge in [-0.2, -0.15) is 5.10 Å². The van der Waals surface area contributed by atoms with Gasteiger partial charge in [0.25, 0.3) is 0 Å². The van der Waals surface area contributed by atoms with Gasteiger partial charge in [-0.05, 0) is 44.6 Å². The summed E-state index contributed by atoms with van der Waals surface area (Å²) in [5.74, 6) is 0.280. The largest absolute Gasteiger partial charge is 0.393 e. The lowest BCUT2D eigenvalue weighted by Gasteiger charge is -2.18. The Bertz CT molecular complexity index is 374. The van der Waals surface area contributed by atoms with Crippen LogP contribution >= 0.6 is 0 Å². The molecule has 0 bridgehead atoms. The Morgan fingerprint density at radius 3 is 2.50 bits per heavy atom. The van der Waals surface area contributed by atoms with Gasteiger partial charge in [-0.3, -0.25) is 4.68 Å². The maximum Gasteiger partial charge on any atom is 0.0628 e. The lowest BCUT2D eigenvalue weighted by Crippen LogP contribution is -2.20. The van der Waals surface area contributed by atoms with Crippen LogP contribution in [0.25, 0.3) is 0 Å².